The zero-order valence-electron chi connectivity index (χ0n) is 22.4. The molecule has 1 atom stereocenters. The predicted octanol–water partition coefficient (Wildman–Crippen LogP) is 5.14. The standard InChI is InChI=1S/C33H31N3O5/c37-31(40-21-24-13-5-2-6-14-24)30(20-35-32(38)34-19-23-11-3-1-4-12-23)36-33(39)41-22-29-27-17-9-7-15-25(27)26-16-8-10-18-28(26)29/h1-18,29-30H,19-22H2,(H,36,39)(H2,34,35,38)/t30-/m1/s1. The van der Waals surface area contributed by atoms with E-state index in [2.05, 4.69) is 28.1 Å². The smallest absolute Gasteiger partial charge is 0.407 e. The van der Waals surface area contributed by atoms with E-state index in [9.17, 15) is 14.4 Å². The van der Waals surface area contributed by atoms with Crippen LogP contribution in [0.1, 0.15) is 28.2 Å². The Kier molecular flexibility index (Phi) is 8.91. The number of urea groups is 1. The highest BCUT2D eigenvalue weighted by Gasteiger charge is 2.30. The van der Waals surface area contributed by atoms with Gasteiger partial charge in [0.15, 0.2) is 0 Å². The molecule has 4 aromatic rings. The number of hydrogen-bond donors (Lipinski definition) is 3. The third-order valence-electron chi connectivity index (χ3n) is 6.91. The zero-order valence-corrected chi connectivity index (χ0v) is 22.4. The van der Waals surface area contributed by atoms with Gasteiger partial charge in [0.25, 0.3) is 0 Å². The van der Waals surface area contributed by atoms with Crippen LogP contribution < -0.4 is 16.0 Å². The molecular formula is C33H31N3O5. The zero-order chi connectivity index (χ0) is 28.4. The predicted molar refractivity (Wildman–Crippen MR) is 155 cm³/mol. The number of esters is 1. The van der Waals surface area contributed by atoms with E-state index >= 15 is 0 Å². The Morgan fingerprint density at radius 2 is 1.22 bits per heavy atom. The van der Waals surface area contributed by atoms with Crippen LogP contribution in [0.3, 0.4) is 0 Å². The first-order valence-corrected chi connectivity index (χ1v) is 13.5. The topological polar surface area (TPSA) is 106 Å². The molecule has 208 valence electrons. The van der Waals surface area contributed by atoms with Crippen molar-refractivity contribution in [3.8, 4) is 11.1 Å². The number of benzene rings is 4. The Morgan fingerprint density at radius 3 is 1.85 bits per heavy atom. The minimum atomic E-state index is -1.16. The van der Waals surface area contributed by atoms with Crippen molar-refractivity contribution in [1.82, 2.24) is 16.0 Å². The summed E-state index contributed by atoms with van der Waals surface area (Å²) in [6.07, 6.45) is -0.778. The van der Waals surface area contributed by atoms with Crippen molar-refractivity contribution in [2.75, 3.05) is 13.2 Å². The highest BCUT2D eigenvalue weighted by Crippen LogP contribution is 2.44. The Morgan fingerprint density at radius 1 is 0.659 bits per heavy atom. The Balaban J connectivity index is 1.20. The molecule has 0 aromatic heterocycles. The molecule has 8 nitrogen and oxygen atoms in total. The lowest BCUT2D eigenvalue weighted by Gasteiger charge is -2.20. The molecule has 3 N–H and O–H groups in total. The number of alkyl carbamates (subject to hydrolysis) is 1. The third kappa shape index (κ3) is 7.10. The molecule has 8 heteroatoms. The van der Waals surface area contributed by atoms with Gasteiger partial charge in [0.1, 0.15) is 19.3 Å². The molecule has 0 bridgehead atoms. The maximum absolute atomic E-state index is 13.0. The second-order valence-electron chi connectivity index (χ2n) is 9.66. The third-order valence-corrected chi connectivity index (χ3v) is 6.91. The summed E-state index contributed by atoms with van der Waals surface area (Å²) in [4.78, 5) is 38.3. The van der Waals surface area contributed by atoms with Crippen LogP contribution >= 0.6 is 0 Å². The lowest BCUT2D eigenvalue weighted by Crippen LogP contribution is -2.51. The summed E-state index contributed by atoms with van der Waals surface area (Å²) < 4.78 is 11.1. The van der Waals surface area contributed by atoms with Crippen molar-refractivity contribution in [3.05, 3.63) is 131 Å². The van der Waals surface area contributed by atoms with Crippen LogP contribution in [-0.4, -0.2) is 37.3 Å². The average Bonchev–Trinajstić information content (AvgIpc) is 3.34. The van der Waals surface area contributed by atoms with E-state index in [0.29, 0.717) is 6.54 Å². The molecule has 0 aliphatic heterocycles. The molecule has 41 heavy (non-hydrogen) atoms. The van der Waals surface area contributed by atoms with Gasteiger partial charge in [-0.2, -0.15) is 0 Å². The van der Waals surface area contributed by atoms with Crippen LogP contribution in [0.2, 0.25) is 0 Å². The van der Waals surface area contributed by atoms with Gasteiger partial charge in [0, 0.05) is 12.5 Å². The molecule has 0 spiro atoms. The minimum Gasteiger partial charge on any atom is -0.459 e. The van der Waals surface area contributed by atoms with E-state index < -0.39 is 24.1 Å². The number of amides is 3. The number of fused-ring (bicyclic) bond motifs is 3. The van der Waals surface area contributed by atoms with E-state index in [0.717, 1.165) is 33.4 Å². The Labute approximate surface area is 238 Å². The number of carbonyl (C=O) groups is 3. The fourth-order valence-corrected chi connectivity index (χ4v) is 4.84. The Bertz CT molecular complexity index is 1450. The van der Waals surface area contributed by atoms with Crippen LogP contribution in [0.4, 0.5) is 9.59 Å². The number of hydrogen-bond acceptors (Lipinski definition) is 5. The minimum absolute atomic E-state index is 0.0305. The number of rotatable bonds is 10. The average molecular weight is 550 g/mol. The van der Waals surface area contributed by atoms with Crippen molar-refractivity contribution >= 4 is 18.1 Å². The monoisotopic (exact) mass is 549 g/mol. The van der Waals surface area contributed by atoms with Gasteiger partial charge < -0.3 is 25.4 Å². The highest BCUT2D eigenvalue weighted by atomic mass is 16.6. The van der Waals surface area contributed by atoms with E-state index in [1.165, 1.54) is 0 Å². The van der Waals surface area contributed by atoms with Crippen molar-refractivity contribution in [3.63, 3.8) is 0 Å². The molecule has 3 amide bonds. The second kappa shape index (κ2) is 13.3. The molecular weight excluding hydrogens is 518 g/mol. The summed E-state index contributed by atoms with van der Waals surface area (Å²) in [5, 5.41) is 7.95. The SMILES string of the molecule is O=C(NCc1ccccc1)NC[C@@H](NC(=O)OCC1c2ccccc2-c2ccccc21)C(=O)OCc1ccccc1. The molecule has 1 aliphatic carbocycles. The highest BCUT2D eigenvalue weighted by molar-refractivity contribution is 5.83. The molecule has 0 radical (unpaired) electrons. The molecule has 0 saturated carbocycles. The lowest BCUT2D eigenvalue weighted by molar-refractivity contribution is -0.147. The normalized spacial score (nSPS) is 12.4. The molecule has 0 unspecified atom stereocenters. The summed E-state index contributed by atoms with van der Waals surface area (Å²) in [6, 6.07) is 33.1. The quantitative estimate of drug-likeness (QED) is 0.238. The number of carbonyl (C=O) groups excluding carboxylic acids is 3. The first-order valence-electron chi connectivity index (χ1n) is 13.5. The van der Waals surface area contributed by atoms with Crippen molar-refractivity contribution in [2.45, 2.75) is 25.1 Å². The molecule has 0 fully saturated rings. The van der Waals surface area contributed by atoms with Crippen LogP contribution in [0, 0.1) is 0 Å². The van der Waals surface area contributed by atoms with Gasteiger partial charge >= 0.3 is 18.1 Å². The first-order chi connectivity index (χ1) is 20.1. The van der Waals surface area contributed by atoms with E-state index in [-0.39, 0.29) is 25.7 Å². The summed E-state index contributed by atoms with van der Waals surface area (Å²) in [5.74, 6) is -0.816. The van der Waals surface area contributed by atoms with E-state index in [4.69, 9.17) is 9.47 Å². The van der Waals surface area contributed by atoms with E-state index in [1.54, 1.807) is 0 Å². The number of nitrogens with one attached hydrogen (secondary N) is 3. The van der Waals surface area contributed by atoms with Crippen LogP contribution in [0.25, 0.3) is 11.1 Å². The Hall–Kier alpha value is -5.11. The van der Waals surface area contributed by atoms with Gasteiger partial charge in [-0.15, -0.1) is 0 Å². The van der Waals surface area contributed by atoms with Gasteiger partial charge in [-0.25, -0.2) is 14.4 Å². The number of ether oxygens (including phenoxy) is 2. The van der Waals surface area contributed by atoms with Gasteiger partial charge in [-0.05, 0) is 33.4 Å². The molecule has 0 saturated heterocycles. The summed E-state index contributed by atoms with van der Waals surface area (Å²) >= 11 is 0. The summed E-state index contributed by atoms with van der Waals surface area (Å²) in [7, 11) is 0. The van der Waals surface area contributed by atoms with Gasteiger partial charge in [0.2, 0.25) is 0 Å². The fourth-order valence-electron chi connectivity index (χ4n) is 4.84. The van der Waals surface area contributed by atoms with Crippen LogP contribution in [0.15, 0.2) is 109 Å². The molecule has 1 aliphatic rings. The van der Waals surface area contributed by atoms with Gasteiger partial charge in [-0.3, -0.25) is 0 Å². The first kappa shape index (κ1) is 27.5. The van der Waals surface area contributed by atoms with Crippen LogP contribution in [0.5, 0.6) is 0 Å². The van der Waals surface area contributed by atoms with Crippen LogP contribution in [-0.2, 0) is 27.4 Å². The summed E-state index contributed by atoms with van der Waals surface area (Å²) in [5.41, 5.74) is 6.12. The maximum atomic E-state index is 13.0. The lowest BCUT2D eigenvalue weighted by atomic mass is 9.98. The van der Waals surface area contributed by atoms with Crippen molar-refractivity contribution in [1.29, 1.82) is 0 Å². The molecule has 5 rings (SSSR count). The van der Waals surface area contributed by atoms with Crippen molar-refractivity contribution < 1.29 is 23.9 Å². The molecule has 4 aromatic carbocycles. The summed E-state index contributed by atoms with van der Waals surface area (Å²) in [6.45, 7) is 0.257. The maximum Gasteiger partial charge on any atom is 0.407 e. The van der Waals surface area contributed by atoms with E-state index in [1.807, 2.05) is 97.1 Å². The second-order valence-corrected chi connectivity index (χ2v) is 9.66. The van der Waals surface area contributed by atoms with Crippen molar-refractivity contribution in [2.24, 2.45) is 0 Å². The van der Waals surface area contributed by atoms with Gasteiger partial charge in [-0.1, -0.05) is 109 Å². The van der Waals surface area contributed by atoms with Gasteiger partial charge in [0.05, 0.1) is 6.54 Å². The fraction of sp³-hybridized carbons (Fsp3) is 0.182. The molecule has 0 heterocycles. The largest absolute Gasteiger partial charge is 0.459 e.